The SMILES string of the molecule is COc1ccc(Cn2nc(Nc3ccnc(C#N)c3)c3c(Oc4ccc(C)cc4)ccnc32)cc1.COc1ccc(Cn2nc(Nc3ccnc(C(N)=O)c3)c3c(Oc4ccc(C)cc4)ccnc32)cc1.[Na+].[OH-]. The molecular formula is C54H47N12NaO6. The van der Waals surface area contributed by atoms with Gasteiger partial charge in [0, 0.05) is 48.3 Å². The predicted octanol–water partition coefficient (Wildman–Crippen LogP) is 7.25. The minimum absolute atomic E-state index is 0. The van der Waals surface area contributed by atoms with Crippen molar-refractivity contribution in [2.45, 2.75) is 26.9 Å². The van der Waals surface area contributed by atoms with E-state index in [1.807, 2.05) is 122 Å². The molecule has 0 fully saturated rings. The molecule has 1 amide bonds. The molecule has 0 atom stereocenters. The Labute approximate surface area is 442 Å². The Morgan fingerprint density at radius 3 is 1.41 bits per heavy atom. The van der Waals surface area contributed by atoms with Crippen molar-refractivity contribution in [2.24, 2.45) is 5.73 Å². The topological polar surface area (TPSA) is 245 Å². The number of rotatable bonds is 15. The van der Waals surface area contributed by atoms with Crippen LogP contribution in [-0.2, 0) is 13.1 Å². The van der Waals surface area contributed by atoms with E-state index in [0.717, 1.165) is 39.1 Å². The summed E-state index contributed by atoms with van der Waals surface area (Å²) >= 11 is 0. The molecule has 0 unspecified atom stereocenters. The third-order valence-electron chi connectivity index (χ3n) is 11.1. The monoisotopic (exact) mass is 982 g/mol. The quantitative estimate of drug-likeness (QED) is 0.0856. The third-order valence-corrected chi connectivity index (χ3v) is 11.1. The van der Waals surface area contributed by atoms with Crippen LogP contribution in [0.2, 0.25) is 0 Å². The molecule has 10 rings (SSSR count). The number of carbonyl (C=O) groups excluding carboxylic acids is 1. The number of fused-ring (bicyclic) bond motifs is 2. The molecule has 0 aliphatic carbocycles. The molecule has 360 valence electrons. The maximum absolute atomic E-state index is 11.6. The number of amides is 1. The predicted molar refractivity (Wildman–Crippen MR) is 272 cm³/mol. The van der Waals surface area contributed by atoms with Gasteiger partial charge in [-0.15, -0.1) is 0 Å². The molecule has 6 heterocycles. The minimum Gasteiger partial charge on any atom is -0.870 e. The fourth-order valence-electron chi connectivity index (χ4n) is 7.47. The Morgan fingerprint density at radius 2 is 0.986 bits per heavy atom. The van der Waals surface area contributed by atoms with Crippen molar-refractivity contribution in [1.29, 1.82) is 5.26 Å². The molecule has 0 bridgehead atoms. The zero-order valence-corrected chi connectivity index (χ0v) is 42.5. The summed E-state index contributed by atoms with van der Waals surface area (Å²) in [5.74, 6) is 4.68. The Balaban J connectivity index is 0.000000208. The van der Waals surface area contributed by atoms with E-state index >= 15 is 0 Å². The molecule has 4 aromatic carbocycles. The average molecular weight is 983 g/mol. The number of anilines is 4. The van der Waals surface area contributed by atoms with Gasteiger partial charge < -0.3 is 40.8 Å². The van der Waals surface area contributed by atoms with Crippen LogP contribution < -0.4 is 64.9 Å². The summed E-state index contributed by atoms with van der Waals surface area (Å²) in [5, 5.41) is 26.9. The molecule has 10 aromatic rings. The van der Waals surface area contributed by atoms with Crippen molar-refractivity contribution >= 4 is 51.0 Å². The summed E-state index contributed by atoms with van der Waals surface area (Å²) in [7, 11) is 3.28. The summed E-state index contributed by atoms with van der Waals surface area (Å²) in [6.45, 7) is 5.04. The fourth-order valence-corrected chi connectivity index (χ4v) is 7.47. The van der Waals surface area contributed by atoms with Gasteiger partial charge in [-0.05, 0) is 97.8 Å². The van der Waals surface area contributed by atoms with Gasteiger partial charge in [-0.1, -0.05) is 59.7 Å². The second-order valence-corrected chi connectivity index (χ2v) is 16.1. The summed E-state index contributed by atoms with van der Waals surface area (Å²) in [5.41, 5.74) is 12.8. The van der Waals surface area contributed by atoms with Crippen LogP contribution in [0.15, 0.2) is 158 Å². The number of aryl methyl sites for hydroxylation is 2. The van der Waals surface area contributed by atoms with Gasteiger partial charge in [0.2, 0.25) is 0 Å². The number of nitriles is 1. The van der Waals surface area contributed by atoms with E-state index in [1.54, 1.807) is 67.8 Å². The van der Waals surface area contributed by atoms with Crippen molar-refractivity contribution in [2.75, 3.05) is 24.9 Å². The third kappa shape index (κ3) is 12.5. The molecular weight excluding hydrogens is 936 g/mol. The summed E-state index contributed by atoms with van der Waals surface area (Å²) in [6, 6.07) is 43.7. The number of primary amides is 1. The smallest absolute Gasteiger partial charge is 0.870 e. The summed E-state index contributed by atoms with van der Waals surface area (Å²) in [4.78, 5) is 28.9. The minimum atomic E-state index is -0.612. The normalized spacial score (nSPS) is 10.5. The van der Waals surface area contributed by atoms with Gasteiger partial charge >= 0.3 is 29.6 Å². The maximum Gasteiger partial charge on any atom is 1.00 e. The number of nitrogens with one attached hydrogen (secondary N) is 2. The van der Waals surface area contributed by atoms with Crippen LogP contribution in [0.25, 0.3) is 22.1 Å². The number of nitrogens with zero attached hydrogens (tertiary/aromatic N) is 9. The Bertz CT molecular complexity index is 3530. The molecule has 0 spiro atoms. The van der Waals surface area contributed by atoms with Crippen molar-refractivity contribution in [3.05, 3.63) is 192 Å². The number of ether oxygens (including phenoxy) is 4. The zero-order chi connectivity index (χ0) is 49.3. The molecule has 0 radical (unpaired) electrons. The molecule has 0 saturated heterocycles. The van der Waals surface area contributed by atoms with Crippen molar-refractivity contribution in [3.8, 4) is 40.6 Å². The van der Waals surface area contributed by atoms with Crippen LogP contribution >= 0.6 is 0 Å². The van der Waals surface area contributed by atoms with Crippen LogP contribution in [0.3, 0.4) is 0 Å². The molecule has 19 heteroatoms. The van der Waals surface area contributed by atoms with Crippen LogP contribution in [-0.4, -0.2) is 65.1 Å². The first kappa shape index (κ1) is 52.0. The van der Waals surface area contributed by atoms with E-state index in [0.29, 0.717) is 81.5 Å². The number of aromatic nitrogens is 8. The fraction of sp³-hybridized carbons (Fsp3) is 0.111. The van der Waals surface area contributed by atoms with Crippen molar-refractivity contribution in [3.63, 3.8) is 0 Å². The number of benzene rings is 4. The van der Waals surface area contributed by atoms with Crippen molar-refractivity contribution in [1.82, 2.24) is 39.5 Å². The first-order valence-corrected chi connectivity index (χ1v) is 22.2. The van der Waals surface area contributed by atoms with E-state index < -0.39 is 5.91 Å². The number of hydrogen-bond donors (Lipinski definition) is 3. The van der Waals surface area contributed by atoms with E-state index in [1.165, 1.54) is 6.20 Å². The van der Waals surface area contributed by atoms with Gasteiger partial charge in [0.05, 0.1) is 27.3 Å². The zero-order valence-electron chi connectivity index (χ0n) is 40.5. The summed E-state index contributed by atoms with van der Waals surface area (Å²) < 4.78 is 26.7. The second kappa shape index (κ2) is 23.8. The molecule has 6 aromatic heterocycles. The number of hydrogen-bond acceptors (Lipinski definition) is 15. The van der Waals surface area contributed by atoms with E-state index in [-0.39, 0.29) is 40.7 Å². The van der Waals surface area contributed by atoms with Gasteiger partial charge in [-0.25, -0.2) is 24.3 Å². The van der Waals surface area contributed by atoms with Crippen LogP contribution in [0.5, 0.6) is 34.5 Å². The van der Waals surface area contributed by atoms with E-state index in [9.17, 15) is 10.1 Å². The largest absolute Gasteiger partial charge is 1.00 e. The van der Waals surface area contributed by atoms with Gasteiger partial charge in [0.25, 0.3) is 5.91 Å². The maximum atomic E-state index is 11.6. The molecule has 0 aliphatic heterocycles. The number of methoxy groups -OCH3 is 2. The average Bonchev–Trinajstić information content (AvgIpc) is 3.93. The number of nitrogens with two attached hydrogens (primary N) is 1. The van der Waals surface area contributed by atoms with Gasteiger partial charge in [-0.2, -0.15) is 15.5 Å². The van der Waals surface area contributed by atoms with Crippen LogP contribution in [0.4, 0.5) is 23.0 Å². The Hall–Kier alpha value is -8.86. The molecule has 5 N–H and O–H groups in total. The first-order valence-electron chi connectivity index (χ1n) is 22.2. The van der Waals surface area contributed by atoms with E-state index in [2.05, 4.69) is 36.6 Å². The van der Waals surface area contributed by atoms with Crippen LogP contribution in [0.1, 0.15) is 38.4 Å². The second-order valence-electron chi connectivity index (χ2n) is 16.1. The standard InChI is InChI=1S/C27H24N6O3.C27H22N6O2.Na.H2O/c1-17-3-7-21(8-4-17)36-23-12-14-30-27-24(23)26(31-19-11-13-29-22(15-19)25(28)34)32-33(27)16-18-5-9-20(35-2)10-6-18;1-18-3-7-23(8-4-18)35-24-12-14-30-27-25(24)26(31-20-11-13-29-21(15-20)16-28)32-33(27)17-19-5-9-22(34-2)10-6-19;;/h3-15H,16H2,1-2H3,(H2,28,34)(H,29,31,32);3-15H,17H2,1-2H3,(H,29,31,32);;1H2/q;;+1;/p-1. The first-order chi connectivity index (χ1) is 34.6. The van der Waals surface area contributed by atoms with E-state index in [4.69, 9.17) is 34.9 Å². The molecule has 0 aliphatic rings. The van der Waals surface area contributed by atoms with Gasteiger partial charge in [0.15, 0.2) is 22.9 Å². The molecule has 73 heavy (non-hydrogen) atoms. The Morgan fingerprint density at radius 1 is 0.575 bits per heavy atom. The van der Waals surface area contributed by atoms with Gasteiger partial charge in [0.1, 0.15) is 62.7 Å². The van der Waals surface area contributed by atoms with Gasteiger partial charge in [-0.3, -0.25) is 9.78 Å². The van der Waals surface area contributed by atoms with Crippen LogP contribution in [0, 0.1) is 25.2 Å². The number of carbonyl (C=O) groups is 1. The summed E-state index contributed by atoms with van der Waals surface area (Å²) in [6.07, 6.45) is 6.50. The molecule has 0 saturated carbocycles. The Kier molecular flexibility index (Phi) is 17.0. The number of pyridine rings is 4. The van der Waals surface area contributed by atoms with Crippen molar-refractivity contribution < 1.29 is 58.8 Å². The molecule has 18 nitrogen and oxygen atoms in total.